The van der Waals surface area contributed by atoms with Gasteiger partial charge in [-0.1, -0.05) is 18.7 Å². The molecule has 0 aliphatic carbocycles. The second-order valence-electron chi connectivity index (χ2n) is 7.63. The van der Waals surface area contributed by atoms with Gasteiger partial charge in [-0.05, 0) is 30.7 Å². The minimum atomic E-state index is -3.39. The molecule has 3 heterocycles. The number of thioether (sulfide) groups is 1. The molecule has 0 fully saturated rings. The summed E-state index contributed by atoms with van der Waals surface area (Å²) in [5.74, 6) is 0.196. The van der Waals surface area contributed by atoms with Crippen molar-refractivity contribution in [3.05, 3.63) is 42.2 Å². The van der Waals surface area contributed by atoms with Gasteiger partial charge in [0, 0.05) is 23.0 Å². The Morgan fingerprint density at radius 1 is 1.30 bits per heavy atom. The largest absolute Gasteiger partial charge is 0.494 e. The van der Waals surface area contributed by atoms with Gasteiger partial charge in [-0.15, -0.1) is 0 Å². The Balaban J connectivity index is 1.59. The molecule has 1 aliphatic heterocycles. The van der Waals surface area contributed by atoms with Crippen LogP contribution in [0.4, 0.5) is 0 Å². The number of benzene rings is 1. The van der Waals surface area contributed by atoms with E-state index in [9.17, 15) is 18.3 Å². The van der Waals surface area contributed by atoms with Gasteiger partial charge in [0.2, 0.25) is 0 Å². The molecule has 3 aromatic rings. The molecule has 2 N–H and O–H groups in total. The summed E-state index contributed by atoms with van der Waals surface area (Å²) in [7, 11) is -1.84. The number of methoxy groups -OCH3 is 1. The van der Waals surface area contributed by atoms with Gasteiger partial charge in [-0.2, -0.15) is 0 Å². The molecule has 4 rings (SSSR count). The van der Waals surface area contributed by atoms with E-state index in [2.05, 4.69) is 15.0 Å². The van der Waals surface area contributed by atoms with Crippen molar-refractivity contribution in [1.29, 1.82) is 0 Å². The standard InChI is InChI=1S/C22H23N3O6S2/c1-4-15(22(26)27)18-11-24-21(32-18)16-8-12-7-14(9-17(30-2)20(12)25-16)31-13-5-6-19(23-10-13)33(3,28)29/h5-10,15,18,25H,4,11H2,1-3H3,(H,26,27). The second kappa shape index (κ2) is 9.06. The Labute approximate surface area is 195 Å². The predicted molar refractivity (Wildman–Crippen MR) is 126 cm³/mol. The normalized spacial score (nSPS) is 17.1. The van der Waals surface area contributed by atoms with Crippen LogP contribution in [0.5, 0.6) is 17.2 Å². The minimum absolute atomic E-state index is 0.0282. The summed E-state index contributed by atoms with van der Waals surface area (Å²) in [4.78, 5) is 23.3. The highest BCUT2D eigenvalue weighted by Gasteiger charge is 2.32. The van der Waals surface area contributed by atoms with Crippen LogP contribution in [-0.2, 0) is 14.6 Å². The van der Waals surface area contributed by atoms with Crippen LogP contribution in [0.2, 0.25) is 0 Å². The van der Waals surface area contributed by atoms with Crippen molar-refractivity contribution in [1.82, 2.24) is 9.97 Å². The average Bonchev–Trinajstić information content (AvgIpc) is 3.40. The number of aliphatic carboxylic acids is 1. The van der Waals surface area contributed by atoms with E-state index in [-0.39, 0.29) is 10.3 Å². The van der Waals surface area contributed by atoms with E-state index in [0.29, 0.717) is 30.2 Å². The number of carboxylic acid groups (broad SMARTS) is 1. The summed E-state index contributed by atoms with van der Waals surface area (Å²) >= 11 is 1.47. The number of H-pyrrole nitrogens is 1. The molecule has 0 radical (unpaired) electrons. The van der Waals surface area contributed by atoms with Crippen molar-refractivity contribution >= 4 is 43.5 Å². The number of aliphatic imine (C=N–C) groups is 1. The zero-order chi connectivity index (χ0) is 23.8. The first-order chi connectivity index (χ1) is 15.7. The smallest absolute Gasteiger partial charge is 0.307 e. The van der Waals surface area contributed by atoms with Gasteiger partial charge < -0.3 is 19.6 Å². The third-order valence-electron chi connectivity index (χ3n) is 5.32. The van der Waals surface area contributed by atoms with E-state index >= 15 is 0 Å². The maximum Gasteiger partial charge on any atom is 0.307 e. The van der Waals surface area contributed by atoms with Gasteiger partial charge in [0.05, 0.1) is 37.0 Å². The number of hydrogen-bond donors (Lipinski definition) is 2. The van der Waals surface area contributed by atoms with Crippen LogP contribution in [0, 0.1) is 5.92 Å². The SMILES string of the molecule is CCC(C(=O)O)C1CN=C(c2cc3cc(Oc4ccc(S(C)(=O)=O)nc4)cc(OC)c3[nH]2)S1. The number of hydrogen-bond acceptors (Lipinski definition) is 8. The first-order valence-corrected chi connectivity index (χ1v) is 13.0. The number of ether oxygens (including phenoxy) is 2. The molecule has 33 heavy (non-hydrogen) atoms. The zero-order valence-corrected chi connectivity index (χ0v) is 19.9. The van der Waals surface area contributed by atoms with Crippen molar-refractivity contribution in [2.75, 3.05) is 19.9 Å². The number of aromatic amines is 1. The molecule has 2 aromatic heterocycles. The molecule has 0 amide bonds. The van der Waals surface area contributed by atoms with Crippen LogP contribution in [0.25, 0.3) is 10.9 Å². The molecular weight excluding hydrogens is 466 g/mol. The average molecular weight is 490 g/mol. The Kier molecular flexibility index (Phi) is 6.35. The number of sulfone groups is 1. The summed E-state index contributed by atoms with van der Waals surface area (Å²) in [6.45, 7) is 2.33. The zero-order valence-electron chi connectivity index (χ0n) is 18.2. The van der Waals surface area contributed by atoms with E-state index in [1.165, 1.54) is 24.0 Å². The van der Waals surface area contributed by atoms with Crippen LogP contribution in [0.1, 0.15) is 19.0 Å². The quantitative estimate of drug-likeness (QED) is 0.489. The van der Waals surface area contributed by atoms with Gasteiger partial charge in [0.1, 0.15) is 22.3 Å². The van der Waals surface area contributed by atoms with Crippen molar-refractivity contribution < 1.29 is 27.8 Å². The molecule has 1 aromatic carbocycles. The fourth-order valence-electron chi connectivity index (χ4n) is 3.65. The molecule has 2 unspecified atom stereocenters. The molecule has 11 heteroatoms. The number of aromatic nitrogens is 2. The fraction of sp³-hybridized carbons (Fsp3) is 0.318. The maximum atomic E-state index is 11.6. The van der Waals surface area contributed by atoms with Crippen LogP contribution < -0.4 is 9.47 Å². The van der Waals surface area contributed by atoms with Gasteiger partial charge in [0.15, 0.2) is 14.9 Å². The van der Waals surface area contributed by atoms with Crippen LogP contribution in [0.3, 0.4) is 0 Å². The lowest BCUT2D eigenvalue weighted by atomic mass is 10.0. The van der Waals surface area contributed by atoms with Gasteiger partial charge in [0.25, 0.3) is 0 Å². The summed E-state index contributed by atoms with van der Waals surface area (Å²) in [5.41, 5.74) is 1.55. The van der Waals surface area contributed by atoms with Crippen molar-refractivity contribution in [2.24, 2.45) is 10.9 Å². The number of rotatable bonds is 8. The van der Waals surface area contributed by atoms with E-state index < -0.39 is 21.7 Å². The third-order valence-corrected chi connectivity index (χ3v) is 7.68. The summed E-state index contributed by atoms with van der Waals surface area (Å²) in [6.07, 6.45) is 3.00. The lowest BCUT2D eigenvalue weighted by Crippen LogP contribution is -2.26. The van der Waals surface area contributed by atoms with Crippen molar-refractivity contribution in [3.8, 4) is 17.2 Å². The highest BCUT2D eigenvalue weighted by molar-refractivity contribution is 8.15. The highest BCUT2D eigenvalue weighted by Crippen LogP contribution is 2.37. The number of nitrogens with zero attached hydrogens (tertiary/aromatic N) is 2. The van der Waals surface area contributed by atoms with Crippen molar-refractivity contribution in [3.63, 3.8) is 0 Å². The van der Waals surface area contributed by atoms with E-state index in [4.69, 9.17) is 9.47 Å². The molecule has 174 valence electrons. The molecule has 0 bridgehead atoms. The summed E-state index contributed by atoms with van der Waals surface area (Å²) in [6, 6.07) is 8.40. The monoisotopic (exact) mass is 489 g/mol. The molecule has 9 nitrogen and oxygen atoms in total. The highest BCUT2D eigenvalue weighted by atomic mass is 32.2. The molecule has 0 saturated heterocycles. The fourth-order valence-corrected chi connectivity index (χ4v) is 5.50. The number of fused-ring (bicyclic) bond motifs is 1. The molecule has 2 atom stereocenters. The Hall–Kier alpha value is -3.05. The van der Waals surface area contributed by atoms with Crippen molar-refractivity contribution in [2.45, 2.75) is 23.6 Å². The van der Waals surface area contributed by atoms with Crippen LogP contribution in [-0.4, -0.2) is 59.7 Å². The second-order valence-corrected chi connectivity index (χ2v) is 10.8. The number of pyridine rings is 1. The molecule has 0 spiro atoms. The molecule has 1 aliphatic rings. The van der Waals surface area contributed by atoms with Crippen LogP contribution >= 0.6 is 11.8 Å². The topological polar surface area (TPSA) is 131 Å². The lowest BCUT2D eigenvalue weighted by molar-refractivity contribution is -0.141. The van der Waals surface area contributed by atoms with E-state index in [1.807, 2.05) is 19.1 Å². The van der Waals surface area contributed by atoms with Gasteiger partial charge in [-0.25, -0.2) is 13.4 Å². The lowest BCUT2D eigenvalue weighted by Gasteiger charge is -2.15. The maximum absolute atomic E-state index is 11.6. The van der Waals surface area contributed by atoms with Crippen LogP contribution in [0.15, 0.2) is 46.5 Å². The molecule has 0 saturated carbocycles. The first-order valence-electron chi connectivity index (χ1n) is 10.2. The summed E-state index contributed by atoms with van der Waals surface area (Å²) < 4.78 is 34.6. The molecular formula is C22H23N3O6S2. The van der Waals surface area contributed by atoms with E-state index in [0.717, 1.165) is 27.9 Å². The third kappa shape index (κ3) is 4.83. The first kappa shape index (κ1) is 23.1. The predicted octanol–water partition coefficient (Wildman–Crippen LogP) is 3.74. The Morgan fingerprint density at radius 2 is 2.09 bits per heavy atom. The van der Waals surface area contributed by atoms with E-state index in [1.54, 1.807) is 19.2 Å². The van der Waals surface area contributed by atoms with Gasteiger partial charge >= 0.3 is 5.97 Å². The minimum Gasteiger partial charge on any atom is -0.494 e. The number of carbonyl (C=O) groups is 1. The van der Waals surface area contributed by atoms with Gasteiger partial charge in [-0.3, -0.25) is 9.79 Å². The number of nitrogens with one attached hydrogen (secondary N) is 1. The Morgan fingerprint density at radius 3 is 2.70 bits per heavy atom. The Bertz CT molecular complexity index is 1330. The number of carboxylic acids is 1. The summed E-state index contributed by atoms with van der Waals surface area (Å²) in [5, 5.41) is 10.9.